The molecule has 0 aliphatic heterocycles. The van der Waals surface area contributed by atoms with E-state index in [1.807, 2.05) is 6.26 Å². The summed E-state index contributed by atoms with van der Waals surface area (Å²) in [5.41, 5.74) is 0.812. The highest BCUT2D eigenvalue weighted by atomic mass is 32.2. The average molecular weight is 486 g/mol. The van der Waals surface area contributed by atoms with Crippen molar-refractivity contribution in [3.63, 3.8) is 0 Å². The van der Waals surface area contributed by atoms with Gasteiger partial charge in [-0.25, -0.2) is 16.8 Å². The van der Waals surface area contributed by atoms with Crippen LogP contribution >= 0.6 is 11.8 Å². The molecule has 2 aromatic rings. The topological polar surface area (TPSA) is 121 Å². The Kier molecular flexibility index (Phi) is 9.35. The maximum atomic E-state index is 12.8. The van der Waals surface area contributed by atoms with Gasteiger partial charge in [-0.1, -0.05) is 25.1 Å². The summed E-state index contributed by atoms with van der Waals surface area (Å²) >= 11 is 1.51. The van der Waals surface area contributed by atoms with Gasteiger partial charge in [0.1, 0.15) is 6.04 Å². The van der Waals surface area contributed by atoms with Crippen LogP contribution in [0.4, 0.5) is 11.4 Å². The number of hydrogen-bond acceptors (Lipinski definition) is 6. The smallest absolute Gasteiger partial charge is 0.242 e. The van der Waals surface area contributed by atoms with E-state index < -0.39 is 32.0 Å². The zero-order valence-electron chi connectivity index (χ0n) is 17.4. The number of hydrogen-bond donors (Lipinski definition) is 3. The van der Waals surface area contributed by atoms with Gasteiger partial charge in [-0.15, -0.1) is 0 Å². The molecule has 0 saturated carbocycles. The van der Waals surface area contributed by atoms with Crippen molar-refractivity contribution < 1.29 is 21.6 Å². The maximum absolute atomic E-state index is 12.8. The molecule has 1 amide bonds. The lowest BCUT2D eigenvalue weighted by atomic mass is 10.2. The Morgan fingerprint density at radius 3 is 2.16 bits per heavy atom. The summed E-state index contributed by atoms with van der Waals surface area (Å²) in [5.74, 6) is 0.116. The molecule has 8 nitrogen and oxygen atoms in total. The van der Waals surface area contributed by atoms with Gasteiger partial charge in [-0.05, 0) is 61.2 Å². The quantitative estimate of drug-likeness (QED) is 0.425. The Balaban J connectivity index is 2.10. The summed E-state index contributed by atoms with van der Waals surface area (Å²) in [6.45, 7) is 1.78. The molecule has 0 radical (unpaired) electrons. The first-order valence-corrected chi connectivity index (χ1v) is 14.2. The van der Waals surface area contributed by atoms with Gasteiger partial charge in [-0.2, -0.15) is 16.5 Å². The number of amides is 1. The third kappa shape index (κ3) is 8.17. The van der Waals surface area contributed by atoms with Crippen LogP contribution in [-0.4, -0.2) is 46.5 Å². The highest BCUT2D eigenvalue weighted by Gasteiger charge is 2.25. The van der Waals surface area contributed by atoms with Gasteiger partial charge in [0.05, 0.1) is 10.6 Å². The average Bonchev–Trinajstić information content (AvgIpc) is 2.72. The highest BCUT2D eigenvalue weighted by Crippen LogP contribution is 2.17. The molecule has 1 unspecified atom stereocenters. The van der Waals surface area contributed by atoms with Gasteiger partial charge in [0.2, 0.25) is 26.0 Å². The number of rotatable bonds is 12. The van der Waals surface area contributed by atoms with E-state index in [0.717, 1.165) is 0 Å². The van der Waals surface area contributed by atoms with Crippen LogP contribution in [0, 0.1) is 0 Å². The molecule has 0 aliphatic carbocycles. The largest absolute Gasteiger partial charge is 0.325 e. The van der Waals surface area contributed by atoms with Crippen molar-refractivity contribution >= 4 is 49.1 Å². The van der Waals surface area contributed by atoms with Crippen molar-refractivity contribution in [3.05, 3.63) is 54.6 Å². The second kappa shape index (κ2) is 11.5. The van der Waals surface area contributed by atoms with Crippen LogP contribution < -0.4 is 14.8 Å². The minimum Gasteiger partial charge on any atom is -0.325 e. The predicted octanol–water partition coefficient (Wildman–Crippen LogP) is 2.88. The Morgan fingerprint density at radius 2 is 1.58 bits per heavy atom. The monoisotopic (exact) mass is 485 g/mol. The van der Waals surface area contributed by atoms with Gasteiger partial charge in [-0.3, -0.25) is 9.52 Å². The fourth-order valence-corrected chi connectivity index (χ4v) is 5.54. The van der Waals surface area contributed by atoms with E-state index in [-0.39, 0.29) is 10.6 Å². The Morgan fingerprint density at radius 1 is 0.968 bits per heavy atom. The second-order valence-electron chi connectivity index (χ2n) is 6.76. The van der Waals surface area contributed by atoms with Crippen LogP contribution in [0.2, 0.25) is 0 Å². The molecule has 3 N–H and O–H groups in total. The van der Waals surface area contributed by atoms with E-state index in [9.17, 15) is 21.6 Å². The fraction of sp³-hybridized carbons (Fsp3) is 0.350. The number of thioether (sulfide) groups is 1. The van der Waals surface area contributed by atoms with Crippen molar-refractivity contribution in [2.75, 3.05) is 27.8 Å². The number of nitrogens with one attached hydrogen (secondary N) is 3. The first-order chi connectivity index (χ1) is 14.7. The molecule has 0 aromatic heterocycles. The van der Waals surface area contributed by atoms with Crippen molar-refractivity contribution in [2.24, 2.45) is 0 Å². The molecule has 0 saturated heterocycles. The van der Waals surface area contributed by atoms with Gasteiger partial charge in [0, 0.05) is 11.4 Å². The third-order valence-corrected chi connectivity index (χ3v) is 7.80. The molecule has 0 spiro atoms. The number of carbonyl (C=O) groups is 1. The summed E-state index contributed by atoms with van der Waals surface area (Å²) in [7, 11) is -7.26. The first kappa shape index (κ1) is 25.2. The van der Waals surface area contributed by atoms with E-state index in [0.29, 0.717) is 30.0 Å². The molecule has 31 heavy (non-hydrogen) atoms. The molecule has 1 atom stereocenters. The van der Waals surface area contributed by atoms with Gasteiger partial charge in [0.15, 0.2) is 0 Å². The fourth-order valence-electron chi connectivity index (χ4n) is 2.68. The SMILES string of the molecule is CCCS(=O)(=O)Nc1ccc(NC(=O)C(CCSC)NS(=O)(=O)c2ccccc2)cc1. The van der Waals surface area contributed by atoms with Crippen molar-refractivity contribution in [1.29, 1.82) is 0 Å². The van der Waals surface area contributed by atoms with Crippen LogP contribution in [0.5, 0.6) is 0 Å². The Bertz CT molecular complexity index is 1060. The Hall–Kier alpha value is -2.08. The normalized spacial score (nSPS) is 12.8. The number of benzene rings is 2. The highest BCUT2D eigenvalue weighted by molar-refractivity contribution is 7.98. The zero-order valence-corrected chi connectivity index (χ0v) is 19.8. The standard InChI is InChI=1S/C20H27N3O5S3/c1-3-15-30(25,26)22-17-11-9-16(10-12-17)21-20(24)19(13-14-29-2)23-31(27,28)18-7-5-4-6-8-18/h4-12,19,22-23H,3,13-15H2,1-2H3,(H,21,24). The summed E-state index contributed by atoms with van der Waals surface area (Å²) in [5, 5.41) is 2.69. The minimum absolute atomic E-state index is 0.0180. The predicted molar refractivity (Wildman–Crippen MR) is 126 cm³/mol. The van der Waals surface area contributed by atoms with Crippen LogP contribution in [0.15, 0.2) is 59.5 Å². The van der Waals surface area contributed by atoms with E-state index in [2.05, 4.69) is 14.8 Å². The lowest BCUT2D eigenvalue weighted by molar-refractivity contribution is -0.117. The molecule has 0 bridgehead atoms. The van der Waals surface area contributed by atoms with E-state index in [1.54, 1.807) is 37.3 Å². The zero-order chi connectivity index (χ0) is 22.9. The molecular weight excluding hydrogens is 458 g/mol. The minimum atomic E-state index is -3.86. The molecule has 0 fully saturated rings. The molecule has 0 aliphatic rings. The van der Waals surface area contributed by atoms with Crippen LogP contribution in [-0.2, 0) is 24.8 Å². The molecular formula is C20H27N3O5S3. The van der Waals surface area contributed by atoms with E-state index >= 15 is 0 Å². The second-order valence-corrected chi connectivity index (χ2v) is 11.3. The van der Waals surface area contributed by atoms with Crippen molar-refractivity contribution in [1.82, 2.24) is 4.72 Å². The van der Waals surface area contributed by atoms with Gasteiger partial charge in [0.25, 0.3) is 0 Å². The lowest BCUT2D eigenvalue weighted by Gasteiger charge is -2.18. The van der Waals surface area contributed by atoms with Crippen molar-refractivity contribution in [3.8, 4) is 0 Å². The molecule has 0 heterocycles. The van der Waals surface area contributed by atoms with E-state index in [1.165, 1.54) is 36.0 Å². The molecule has 2 rings (SSSR count). The summed E-state index contributed by atoms with van der Waals surface area (Å²) < 4.78 is 53.9. The number of carbonyl (C=O) groups excluding carboxylic acids is 1. The third-order valence-electron chi connectivity index (χ3n) is 4.18. The molecule has 2 aromatic carbocycles. The lowest BCUT2D eigenvalue weighted by Crippen LogP contribution is -2.44. The van der Waals surface area contributed by atoms with Crippen LogP contribution in [0.1, 0.15) is 19.8 Å². The Labute approximate surface area is 188 Å². The van der Waals surface area contributed by atoms with Crippen LogP contribution in [0.25, 0.3) is 0 Å². The van der Waals surface area contributed by atoms with Gasteiger partial charge >= 0.3 is 0 Å². The first-order valence-electron chi connectivity index (χ1n) is 9.64. The summed E-state index contributed by atoms with van der Waals surface area (Å²) in [4.78, 5) is 12.9. The number of sulfonamides is 2. The summed E-state index contributed by atoms with van der Waals surface area (Å²) in [6.07, 6.45) is 2.69. The number of anilines is 2. The van der Waals surface area contributed by atoms with Crippen molar-refractivity contribution in [2.45, 2.75) is 30.7 Å². The van der Waals surface area contributed by atoms with Crippen LogP contribution in [0.3, 0.4) is 0 Å². The molecule has 11 heteroatoms. The molecule has 170 valence electrons. The summed E-state index contributed by atoms with van der Waals surface area (Å²) in [6, 6.07) is 13.1. The van der Waals surface area contributed by atoms with Gasteiger partial charge < -0.3 is 5.32 Å². The maximum Gasteiger partial charge on any atom is 0.242 e. The van der Waals surface area contributed by atoms with E-state index in [4.69, 9.17) is 0 Å².